The van der Waals surface area contributed by atoms with Gasteiger partial charge >= 0.3 is 0 Å². The van der Waals surface area contributed by atoms with Crippen LogP contribution in [0, 0.1) is 0 Å². The van der Waals surface area contributed by atoms with Gasteiger partial charge in [0.05, 0.1) is 5.57 Å². The number of halogens is 1. The molecule has 2 aromatic carbocycles. The molecule has 0 spiro atoms. The summed E-state index contributed by atoms with van der Waals surface area (Å²) in [5.74, 6) is 1.27. The molecule has 148 valence electrons. The van der Waals surface area contributed by atoms with Crippen molar-refractivity contribution in [3.63, 3.8) is 0 Å². The minimum absolute atomic E-state index is 0.197. The number of hydrogen-bond donors (Lipinski definition) is 2. The molecule has 0 radical (unpaired) electrons. The molecule has 1 atom stereocenters. The predicted molar refractivity (Wildman–Crippen MR) is 117 cm³/mol. The molecule has 6 nitrogen and oxygen atoms in total. The van der Waals surface area contributed by atoms with Crippen molar-refractivity contribution < 1.29 is 4.79 Å². The second-order valence-corrected chi connectivity index (χ2v) is 8.20. The van der Waals surface area contributed by atoms with Gasteiger partial charge in [0.1, 0.15) is 6.04 Å². The summed E-state index contributed by atoms with van der Waals surface area (Å²) in [6.45, 7) is 3.93. The number of aromatic nitrogens is 3. The summed E-state index contributed by atoms with van der Waals surface area (Å²) in [5.41, 5.74) is 2.91. The molecule has 0 fully saturated rings. The average molecular weight is 426 g/mol. The number of thioether (sulfide) groups is 1. The van der Waals surface area contributed by atoms with E-state index in [4.69, 9.17) is 11.6 Å². The maximum atomic E-state index is 13.3. The van der Waals surface area contributed by atoms with Gasteiger partial charge in [-0.3, -0.25) is 4.79 Å². The molecule has 2 N–H and O–H groups in total. The maximum absolute atomic E-state index is 13.3. The zero-order valence-electron chi connectivity index (χ0n) is 16.0. The van der Waals surface area contributed by atoms with Crippen molar-refractivity contribution in [3.05, 3.63) is 76.5 Å². The lowest BCUT2D eigenvalue weighted by Gasteiger charge is -2.28. The SMILES string of the molecule is CCSc1nc2n(n1)C(c1cccc(Cl)c1)C(C(=O)Nc1ccccc1)=C(C)N2. The summed E-state index contributed by atoms with van der Waals surface area (Å²) in [5, 5.41) is 12.1. The van der Waals surface area contributed by atoms with E-state index in [2.05, 4.69) is 27.6 Å². The number of para-hydroxylation sites is 1. The molecule has 1 aliphatic rings. The van der Waals surface area contributed by atoms with Crippen molar-refractivity contribution in [2.75, 3.05) is 16.4 Å². The van der Waals surface area contributed by atoms with Gasteiger partial charge in [-0.2, -0.15) is 4.98 Å². The molecule has 0 bridgehead atoms. The van der Waals surface area contributed by atoms with Crippen molar-refractivity contribution in [3.8, 4) is 0 Å². The molecule has 1 amide bonds. The number of carbonyl (C=O) groups excluding carboxylic acids is 1. The van der Waals surface area contributed by atoms with Crippen LogP contribution < -0.4 is 10.6 Å². The van der Waals surface area contributed by atoms with Crippen LogP contribution in [0.2, 0.25) is 5.02 Å². The van der Waals surface area contributed by atoms with E-state index in [9.17, 15) is 4.79 Å². The molecule has 1 aliphatic heterocycles. The van der Waals surface area contributed by atoms with Crippen LogP contribution >= 0.6 is 23.4 Å². The van der Waals surface area contributed by atoms with Crippen LogP contribution in [-0.4, -0.2) is 26.4 Å². The Morgan fingerprint density at radius 2 is 2.03 bits per heavy atom. The van der Waals surface area contributed by atoms with Crippen molar-refractivity contribution in [1.29, 1.82) is 0 Å². The van der Waals surface area contributed by atoms with Crippen LogP contribution in [0.4, 0.5) is 11.6 Å². The number of benzene rings is 2. The first-order valence-electron chi connectivity index (χ1n) is 9.26. The molecule has 0 saturated carbocycles. The van der Waals surface area contributed by atoms with Crippen molar-refractivity contribution in [2.45, 2.75) is 25.0 Å². The van der Waals surface area contributed by atoms with Gasteiger partial charge in [0.2, 0.25) is 11.1 Å². The summed E-state index contributed by atoms with van der Waals surface area (Å²) in [7, 11) is 0. The number of anilines is 2. The third-order valence-corrected chi connectivity index (χ3v) is 5.50. The van der Waals surface area contributed by atoms with Gasteiger partial charge < -0.3 is 10.6 Å². The largest absolute Gasteiger partial charge is 0.328 e. The first kappa shape index (κ1) is 19.5. The molecule has 4 rings (SSSR count). The number of carbonyl (C=O) groups is 1. The predicted octanol–water partition coefficient (Wildman–Crippen LogP) is 4.97. The first-order valence-corrected chi connectivity index (χ1v) is 10.6. The van der Waals surface area contributed by atoms with Gasteiger partial charge in [-0.25, -0.2) is 4.68 Å². The topological polar surface area (TPSA) is 71.8 Å². The Labute approximate surface area is 178 Å². The van der Waals surface area contributed by atoms with Gasteiger partial charge in [-0.05, 0) is 42.5 Å². The monoisotopic (exact) mass is 425 g/mol. The van der Waals surface area contributed by atoms with E-state index in [1.807, 2.05) is 61.5 Å². The number of nitrogens with one attached hydrogen (secondary N) is 2. The Morgan fingerprint density at radius 3 is 2.76 bits per heavy atom. The molecule has 1 aromatic heterocycles. The molecular weight excluding hydrogens is 406 g/mol. The lowest BCUT2D eigenvalue weighted by molar-refractivity contribution is -0.113. The minimum atomic E-state index is -0.438. The molecular formula is C21H20ClN5OS. The van der Waals surface area contributed by atoms with Crippen molar-refractivity contribution in [2.24, 2.45) is 0 Å². The van der Waals surface area contributed by atoms with Crippen molar-refractivity contribution >= 4 is 40.9 Å². The zero-order valence-corrected chi connectivity index (χ0v) is 17.6. The molecule has 0 saturated heterocycles. The fourth-order valence-electron chi connectivity index (χ4n) is 3.32. The quantitative estimate of drug-likeness (QED) is 0.564. The molecule has 8 heteroatoms. The first-order chi connectivity index (χ1) is 14.1. The smallest absolute Gasteiger partial charge is 0.255 e. The summed E-state index contributed by atoms with van der Waals surface area (Å²) in [6, 6.07) is 16.4. The van der Waals surface area contributed by atoms with E-state index in [-0.39, 0.29) is 5.91 Å². The number of rotatable bonds is 5. The Hall–Kier alpha value is -2.77. The van der Waals surface area contributed by atoms with Gasteiger partial charge in [0.15, 0.2) is 0 Å². The fourth-order valence-corrected chi connectivity index (χ4v) is 4.07. The van der Waals surface area contributed by atoms with Gasteiger partial charge in [0, 0.05) is 16.4 Å². The van der Waals surface area contributed by atoms with Crippen LogP contribution in [0.15, 0.2) is 71.0 Å². The Morgan fingerprint density at radius 1 is 1.24 bits per heavy atom. The van der Waals surface area contributed by atoms with Crippen LogP contribution in [-0.2, 0) is 4.79 Å². The highest BCUT2D eigenvalue weighted by atomic mass is 35.5. The Bertz CT molecular complexity index is 1080. The van der Waals surface area contributed by atoms with Crippen LogP contribution in [0.1, 0.15) is 25.5 Å². The number of allylic oxidation sites excluding steroid dienone is 1. The number of amides is 1. The second kappa shape index (κ2) is 8.31. The van der Waals surface area contributed by atoms with Gasteiger partial charge in [0.25, 0.3) is 5.91 Å². The molecule has 29 heavy (non-hydrogen) atoms. The molecule has 2 heterocycles. The van der Waals surface area contributed by atoms with Crippen LogP contribution in [0.25, 0.3) is 0 Å². The summed E-state index contributed by atoms with van der Waals surface area (Å²) < 4.78 is 1.76. The standard InChI is InChI=1S/C21H20ClN5OS/c1-3-29-21-25-20-23-13(2)17(19(28)24-16-10-5-4-6-11-16)18(27(20)26-21)14-8-7-9-15(22)12-14/h4-12,18H,3H2,1-2H3,(H,24,28)(H,23,25,26). The lowest BCUT2D eigenvalue weighted by Crippen LogP contribution is -2.31. The second-order valence-electron chi connectivity index (χ2n) is 6.54. The summed E-state index contributed by atoms with van der Waals surface area (Å²) in [4.78, 5) is 17.9. The Balaban J connectivity index is 1.79. The lowest BCUT2D eigenvalue weighted by atomic mass is 9.95. The van der Waals surface area contributed by atoms with Crippen LogP contribution in [0.5, 0.6) is 0 Å². The van der Waals surface area contributed by atoms with E-state index in [1.165, 1.54) is 0 Å². The van der Waals surface area contributed by atoms with E-state index >= 15 is 0 Å². The average Bonchev–Trinajstić information content (AvgIpc) is 3.09. The number of fused-ring (bicyclic) bond motifs is 1. The van der Waals surface area contributed by atoms with E-state index in [0.717, 1.165) is 22.7 Å². The molecule has 1 unspecified atom stereocenters. The molecule has 3 aromatic rings. The Kier molecular flexibility index (Phi) is 5.60. The van der Waals surface area contributed by atoms with Gasteiger partial charge in [-0.15, -0.1) is 5.10 Å². The zero-order chi connectivity index (χ0) is 20.4. The van der Waals surface area contributed by atoms with E-state index < -0.39 is 6.04 Å². The van der Waals surface area contributed by atoms with Gasteiger partial charge in [-0.1, -0.05) is 60.6 Å². The highest BCUT2D eigenvalue weighted by Crippen LogP contribution is 2.37. The number of hydrogen-bond acceptors (Lipinski definition) is 5. The fraction of sp³-hybridized carbons (Fsp3) is 0.190. The minimum Gasteiger partial charge on any atom is -0.328 e. The molecule has 0 aliphatic carbocycles. The van der Waals surface area contributed by atoms with E-state index in [1.54, 1.807) is 16.4 Å². The maximum Gasteiger partial charge on any atom is 0.255 e. The highest BCUT2D eigenvalue weighted by Gasteiger charge is 2.34. The van der Waals surface area contributed by atoms with E-state index in [0.29, 0.717) is 21.7 Å². The third-order valence-electron chi connectivity index (χ3n) is 4.55. The summed E-state index contributed by atoms with van der Waals surface area (Å²) in [6.07, 6.45) is 0. The highest BCUT2D eigenvalue weighted by molar-refractivity contribution is 7.99. The third kappa shape index (κ3) is 4.02. The number of nitrogens with zero attached hydrogens (tertiary/aromatic N) is 3. The normalized spacial score (nSPS) is 15.6. The van der Waals surface area contributed by atoms with Crippen molar-refractivity contribution in [1.82, 2.24) is 14.8 Å². The summed E-state index contributed by atoms with van der Waals surface area (Å²) >= 11 is 7.81. The van der Waals surface area contributed by atoms with Crippen LogP contribution in [0.3, 0.4) is 0 Å².